The second kappa shape index (κ2) is 9.87. The lowest BCUT2D eigenvalue weighted by Gasteiger charge is -2.31. The zero-order valence-electron chi connectivity index (χ0n) is 15.3. The lowest BCUT2D eigenvalue weighted by Crippen LogP contribution is -2.64. The first kappa shape index (κ1) is 22.4. The largest absolute Gasteiger partial charge is 0.479 e. The van der Waals surface area contributed by atoms with Gasteiger partial charge in [-0.1, -0.05) is 64.7 Å². The van der Waals surface area contributed by atoms with Crippen LogP contribution in [0.25, 0.3) is 0 Å². The highest BCUT2D eigenvalue weighted by molar-refractivity contribution is 6.01. The average molecular weight is 374 g/mol. The molecular weight excluding hydrogens is 344 g/mol. The van der Waals surface area contributed by atoms with Crippen molar-refractivity contribution in [3.05, 3.63) is 0 Å². The predicted molar refractivity (Wildman–Crippen MR) is 91.5 cm³/mol. The summed E-state index contributed by atoms with van der Waals surface area (Å²) in [5.41, 5.74) is -5.96. The first-order valence-electron chi connectivity index (χ1n) is 9.33. The normalized spacial score (nSPS) is 28.1. The van der Waals surface area contributed by atoms with E-state index in [1.165, 1.54) is 25.7 Å². The molecule has 0 saturated carbocycles. The van der Waals surface area contributed by atoms with Gasteiger partial charge in [-0.25, -0.2) is 14.4 Å². The quantitative estimate of drug-likeness (QED) is 0.283. The third-order valence-corrected chi connectivity index (χ3v) is 5.02. The van der Waals surface area contributed by atoms with E-state index in [2.05, 4.69) is 11.7 Å². The number of carbonyl (C=O) groups is 3. The third kappa shape index (κ3) is 4.73. The molecule has 1 heterocycles. The minimum absolute atomic E-state index is 0.281. The Morgan fingerprint density at radius 2 is 1.38 bits per heavy atom. The van der Waals surface area contributed by atoms with E-state index in [9.17, 15) is 29.7 Å². The fourth-order valence-electron chi connectivity index (χ4n) is 3.34. The van der Waals surface area contributed by atoms with E-state index in [4.69, 9.17) is 5.11 Å². The molecule has 1 aliphatic rings. The first-order chi connectivity index (χ1) is 12.2. The van der Waals surface area contributed by atoms with Gasteiger partial charge in [0.15, 0.2) is 0 Å². The van der Waals surface area contributed by atoms with E-state index in [1.807, 2.05) is 0 Å². The first-order valence-corrected chi connectivity index (χ1v) is 9.33. The van der Waals surface area contributed by atoms with Gasteiger partial charge in [-0.2, -0.15) is 0 Å². The monoisotopic (exact) mass is 374 g/mol. The van der Waals surface area contributed by atoms with Crippen molar-refractivity contribution in [3.8, 4) is 0 Å². The molecule has 26 heavy (non-hydrogen) atoms. The van der Waals surface area contributed by atoms with Crippen LogP contribution in [0.15, 0.2) is 0 Å². The molecule has 0 aliphatic carbocycles. The summed E-state index contributed by atoms with van der Waals surface area (Å²) in [6, 6.07) is 0. The number of aliphatic hydroxyl groups is 2. The van der Waals surface area contributed by atoms with E-state index in [1.54, 1.807) is 0 Å². The highest BCUT2D eigenvalue weighted by Gasteiger charge is 2.73. The molecule has 0 spiro atoms. The van der Waals surface area contributed by atoms with Crippen molar-refractivity contribution in [1.82, 2.24) is 0 Å². The summed E-state index contributed by atoms with van der Waals surface area (Å²) in [6.45, 7) is 2.16. The molecule has 3 unspecified atom stereocenters. The number of hydrogen-bond donors (Lipinski definition) is 4. The van der Waals surface area contributed by atoms with Crippen LogP contribution in [0.2, 0.25) is 0 Å². The molecule has 0 amide bonds. The Hall–Kier alpha value is -1.67. The molecular formula is C18H30O8. The maximum absolute atomic E-state index is 11.9. The maximum atomic E-state index is 11.9. The summed E-state index contributed by atoms with van der Waals surface area (Å²) in [5.74, 6) is -5.22. The number of carboxylic acids is 2. The van der Waals surface area contributed by atoms with Crippen LogP contribution in [0.4, 0.5) is 0 Å². The predicted octanol–water partition coefficient (Wildman–Crippen LogP) is 1.85. The van der Waals surface area contributed by atoms with Crippen LogP contribution in [-0.2, 0) is 19.1 Å². The van der Waals surface area contributed by atoms with Crippen LogP contribution in [0, 0.1) is 0 Å². The maximum Gasteiger partial charge on any atom is 0.348 e. The Morgan fingerprint density at radius 1 is 0.923 bits per heavy atom. The smallest absolute Gasteiger partial charge is 0.348 e. The third-order valence-electron chi connectivity index (χ3n) is 5.02. The Balaban J connectivity index is 2.46. The second-order valence-electron chi connectivity index (χ2n) is 6.99. The molecule has 150 valence electrons. The number of rotatable bonds is 13. The van der Waals surface area contributed by atoms with E-state index >= 15 is 0 Å². The molecule has 0 aromatic heterocycles. The second-order valence-corrected chi connectivity index (χ2v) is 6.99. The van der Waals surface area contributed by atoms with E-state index < -0.39 is 35.2 Å². The van der Waals surface area contributed by atoms with Gasteiger partial charge in [0.05, 0.1) is 0 Å². The topological polar surface area (TPSA) is 141 Å². The molecule has 1 saturated heterocycles. The van der Waals surface area contributed by atoms with Gasteiger partial charge in [-0.3, -0.25) is 0 Å². The summed E-state index contributed by atoms with van der Waals surface area (Å²) in [4.78, 5) is 34.3. The van der Waals surface area contributed by atoms with Crippen LogP contribution in [-0.4, -0.2) is 55.6 Å². The summed E-state index contributed by atoms with van der Waals surface area (Å²) < 4.78 is 4.44. The van der Waals surface area contributed by atoms with Crippen molar-refractivity contribution in [2.24, 2.45) is 0 Å². The van der Waals surface area contributed by atoms with Crippen molar-refractivity contribution < 1.29 is 39.5 Å². The number of esters is 1. The molecule has 1 fully saturated rings. The van der Waals surface area contributed by atoms with E-state index in [-0.39, 0.29) is 12.8 Å². The molecule has 0 bridgehead atoms. The fraction of sp³-hybridized carbons (Fsp3) is 0.833. The number of ether oxygens (including phenoxy) is 1. The van der Waals surface area contributed by atoms with Crippen molar-refractivity contribution in [2.75, 3.05) is 0 Å². The molecule has 1 aliphatic heterocycles. The molecule has 3 atom stereocenters. The number of carbonyl (C=O) groups excluding carboxylic acids is 1. The molecule has 8 heteroatoms. The number of unbranched alkanes of at least 4 members (excludes halogenated alkanes) is 9. The van der Waals surface area contributed by atoms with Crippen molar-refractivity contribution in [2.45, 2.75) is 94.9 Å². The van der Waals surface area contributed by atoms with Crippen LogP contribution in [0.3, 0.4) is 0 Å². The Kier molecular flexibility index (Phi) is 8.49. The summed E-state index contributed by atoms with van der Waals surface area (Å²) >= 11 is 0. The van der Waals surface area contributed by atoms with Crippen LogP contribution in [0.1, 0.15) is 77.6 Å². The van der Waals surface area contributed by atoms with Gasteiger partial charge in [0.1, 0.15) is 0 Å². The lowest BCUT2D eigenvalue weighted by molar-refractivity contribution is -0.195. The molecule has 4 N–H and O–H groups in total. The number of carboxylic acid groups (broad SMARTS) is 2. The number of aliphatic carboxylic acids is 2. The molecule has 0 aromatic carbocycles. The standard InChI is InChI=1S/C18H30O8/c1-2-3-4-5-6-7-8-9-10-11-12-17(24)16(23)26-13(14(19)20)18(17,25)15(21)22/h13,24-25H,2-12H2,1H3,(H,19,20)(H,21,22). The van der Waals surface area contributed by atoms with Crippen molar-refractivity contribution in [1.29, 1.82) is 0 Å². The summed E-state index contributed by atoms with van der Waals surface area (Å²) in [7, 11) is 0. The zero-order valence-corrected chi connectivity index (χ0v) is 15.3. The van der Waals surface area contributed by atoms with Crippen LogP contribution >= 0.6 is 0 Å². The van der Waals surface area contributed by atoms with E-state index in [0.29, 0.717) is 6.42 Å². The van der Waals surface area contributed by atoms with Gasteiger partial charge in [0, 0.05) is 0 Å². The summed E-state index contributed by atoms with van der Waals surface area (Å²) in [6.07, 6.45) is 7.23. The Bertz CT molecular complexity index is 505. The molecule has 1 rings (SSSR count). The lowest BCUT2D eigenvalue weighted by atomic mass is 9.77. The Labute approximate surface area is 153 Å². The molecule has 0 aromatic rings. The fourth-order valence-corrected chi connectivity index (χ4v) is 3.34. The summed E-state index contributed by atoms with van der Waals surface area (Å²) in [5, 5.41) is 38.9. The van der Waals surface area contributed by atoms with Crippen LogP contribution in [0.5, 0.6) is 0 Å². The highest BCUT2D eigenvalue weighted by Crippen LogP contribution is 2.40. The van der Waals surface area contributed by atoms with Crippen molar-refractivity contribution in [3.63, 3.8) is 0 Å². The van der Waals surface area contributed by atoms with Gasteiger partial charge in [0.25, 0.3) is 0 Å². The van der Waals surface area contributed by atoms with Gasteiger partial charge >= 0.3 is 17.9 Å². The number of hydrogen-bond acceptors (Lipinski definition) is 6. The number of cyclic esters (lactones) is 1. The Morgan fingerprint density at radius 3 is 1.81 bits per heavy atom. The molecule has 0 radical (unpaired) electrons. The minimum atomic E-state index is -3.20. The van der Waals surface area contributed by atoms with Crippen LogP contribution < -0.4 is 0 Å². The average Bonchev–Trinajstić information content (AvgIpc) is 2.79. The zero-order chi connectivity index (χ0) is 19.8. The minimum Gasteiger partial charge on any atom is -0.479 e. The van der Waals surface area contributed by atoms with Gasteiger partial charge in [-0.15, -0.1) is 0 Å². The van der Waals surface area contributed by atoms with Crippen molar-refractivity contribution >= 4 is 17.9 Å². The van der Waals surface area contributed by atoms with E-state index in [0.717, 1.165) is 25.7 Å². The van der Waals surface area contributed by atoms with Gasteiger partial charge < -0.3 is 25.2 Å². The van der Waals surface area contributed by atoms with Gasteiger partial charge in [-0.05, 0) is 12.8 Å². The molecule has 8 nitrogen and oxygen atoms in total. The SMILES string of the molecule is CCCCCCCCCCCCC1(O)C(=O)OC(C(=O)O)C1(O)C(=O)O. The van der Waals surface area contributed by atoms with Gasteiger partial charge in [0.2, 0.25) is 17.3 Å². The highest BCUT2D eigenvalue weighted by atomic mass is 16.6.